The molecule has 16 heavy (non-hydrogen) atoms. The summed E-state index contributed by atoms with van der Waals surface area (Å²) in [5, 5.41) is 3.51. The van der Waals surface area contributed by atoms with E-state index < -0.39 is 0 Å². The zero-order valence-corrected chi connectivity index (χ0v) is 10.4. The number of allylic oxidation sites excluding steroid dienone is 1. The first kappa shape index (κ1) is 12.9. The molecular formula is C14H22N2. The lowest BCUT2D eigenvalue weighted by molar-refractivity contribution is 0.499. The third kappa shape index (κ3) is 4.15. The Labute approximate surface area is 98.8 Å². The first-order valence-electron chi connectivity index (χ1n) is 6.03. The van der Waals surface area contributed by atoms with Gasteiger partial charge in [-0.25, -0.2) is 0 Å². The molecule has 1 unspecified atom stereocenters. The van der Waals surface area contributed by atoms with Crippen LogP contribution in [0.1, 0.15) is 43.4 Å². The minimum atomic E-state index is 0.428. The number of aromatic nitrogens is 1. The van der Waals surface area contributed by atoms with Gasteiger partial charge in [-0.1, -0.05) is 19.1 Å². The highest BCUT2D eigenvalue weighted by Gasteiger charge is 2.09. The summed E-state index contributed by atoms with van der Waals surface area (Å²) in [4.78, 5) is 4.26. The summed E-state index contributed by atoms with van der Waals surface area (Å²) < 4.78 is 0. The molecule has 0 amide bonds. The van der Waals surface area contributed by atoms with E-state index in [0.717, 1.165) is 19.4 Å². The number of aryl methyl sites for hydroxylation is 1. The molecule has 0 saturated heterocycles. The maximum Gasteiger partial charge on any atom is 0.0335 e. The molecule has 88 valence electrons. The van der Waals surface area contributed by atoms with E-state index in [0.29, 0.717) is 6.04 Å². The summed E-state index contributed by atoms with van der Waals surface area (Å²) in [5.74, 6) is 0. The van der Waals surface area contributed by atoms with Gasteiger partial charge < -0.3 is 5.32 Å². The van der Waals surface area contributed by atoms with E-state index in [9.17, 15) is 0 Å². The molecule has 0 aromatic carbocycles. The molecule has 0 aliphatic rings. The van der Waals surface area contributed by atoms with Crippen molar-refractivity contribution in [1.82, 2.24) is 10.3 Å². The molecule has 1 atom stereocenters. The predicted octanol–water partition coefficient (Wildman–Crippen LogP) is 3.40. The zero-order valence-electron chi connectivity index (χ0n) is 10.4. The highest BCUT2D eigenvalue weighted by Crippen LogP contribution is 2.19. The molecule has 2 nitrogen and oxygen atoms in total. The van der Waals surface area contributed by atoms with Crippen LogP contribution in [0.4, 0.5) is 0 Å². The molecule has 0 aliphatic heterocycles. The van der Waals surface area contributed by atoms with Crippen molar-refractivity contribution < 1.29 is 0 Å². The standard InChI is InChI=1S/C14H22N2/c1-4-6-7-8-14(16-5-2)13-9-12(3)10-15-11-13/h4,9-11,14,16H,1,5-8H2,2-3H3. The Balaban J connectivity index is 2.64. The molecule has 1 heterocycles. The first-order valence-corrected chi connectivity index (χ1v) is 6.03. The minimum absolute atomic E-state index is 0.428. The molecule has 1 aromatic heterocycles. The molecule has 0 bridgehead atoms. The Morgan fingerprint density at radius 2 is 2.31 bits per heavy atom. The zero-order chi connectivity index (χ0) is 11.8. The van der Waals surface area contributed by atoms with Crippen LogP contribution >= 0.6 is 0 Å². The van der Waals surface area contributed by atoms with Crippen molar-refractivity contribution in [3.05, 3.63) is 42.2 Å². The normalized spacial score (nSPS) is 12.4. The average molecular weight is 218 g/mol. The van der Waals surface area contributed by atoms with Crippen molar-refractivity contribution >= 4 is 0 Å². The monoisotopic (exact) mass is 218 g/mol. The maximum atomic E-state index is 4.26. The molecule has 2 heteroatoms. The highest BCUT2D eigenvalue weighted by molar-refractivity contribution is 5.20. The summed E-state index contributed by atoms with van der Waals surface area (Å²) in [5.41, 5.74) is 2.52. The Hall–Kier alpha value is -1.15. The number of pyridine rings is 1. The topological polar surface area (TPSA) is 24.9 Å². The number of hydrogen-bond donors (Lipinski definition) is 1. The van der Waals surface area contributed by atoms with Crippen LogP contribution in [0.3, 0.4) is 0 Å². The second-order valence-electron chi connectivity index (χ2n) is 4.13. The van der Waals surface area contributed by atoms with E-state index in [1.54, 1.807) is 0 Å². The fourth-order valence-corrected chi connectivity index (χ4v) is 1.87. The SMILES string of the molecule is C=CCCCC(NCC)c1cncc(C)c1. The third-order valence-electron chi connectivity index (χ3n) is 2.65. The van der Waals surface area contributed by atoms with Gasteiger partial charge in [-0.05, 0) is 43.9 Å². The fraction of sp³-hybridized carbons (Fsp3) is 0.500. The lowest BCUT2D eigenvalue weighted by Crippen LogP contribution is -2.21. The summed E-state index contributed by atoms with van der Waals surface area (Å²) in [6, 6.07) is 2.64. The fourth-order valence-electron chi connectivity index (χ4n) is 1.87. The smallest absolute Gasteiger partial charge is 0.0335 e. The van der Waals surface area contributed by atoms with Gasteiger partial charge in [0.15, 0.2) is 0 Å². The second kappa shape index (κ2) is 7.18. The van der Waals surface area contributed by atoms with Crippen LogP contribution in [0.2, 0.25) is 0 Å². The van der Waals surface area contributed by atoms with Gasteiger partial charge in [-0.15, -0.1) is 6.58 Å². The average Bonchev–Trinajstić information content (AvgIpc) is 2.28. The van der Waals surface area contributed by atoms with Gasteiger partial charge in [0, 0.05) is 18.4 Å². The number of unbranched alkanes of at least 4 members (excludes halogenated alkanes) is 1. The molecule has 0 spiro atoms. The van der Waals surface area contributed by atoms with E-state index in [1.807, 2.05) is 18.5 Å². The molecule has 1 aromatic rings. The van der Waals surface area contributed by atoms with Crippen LogP contribution in [-0.4, -0.2) is 11.5 Å². The van der Waals surface area contributed by atoms with Gasteiger partial charge >= 0.3 is 0 Å². The lowest BCUT2D eigenvalue weighted by atomic mass is 10.0. The molecule has 1 N–H and O–H groups in total. The van der Waals surface area contributed by atoms with Gasteiger partial charge in [-0.2, -0.15) is 0 Å². The van der Waals surface area contributed by atoms with Gasteiger partial charge in [0.1, 0.15) is 0 Å². The van der Waals surface area contributed by atoms with Gasteiger partial charge in [0.25, 0.3) is 0 Å². The molecule has 0 fully saturated rings. The van der Waals surface area contributed by atoms with E-state index in [2.05, 4.69) is 36.8 Å². The van der Waals surface area contributed by atoms with Crippen LogP contribution in [0.25, 0.3) is 0 Å². The summed E-state index contributed by atoms with van der Waals surface area (Å²) >= 11 is 0. The van der Waals surface area contributed by atoms with Gasteiger partial charge in [0.2, 0.25) is 0 Å². The number of hydrogen-bond acceptors (Lipinski definition) is 2. The van der Waals surface area contributed by atoms with Crippen LogP contribution in [0, 0.1) is 6.92 Å². The number of nitrogens with one attached hydrogen (secondary N) is 1. The molecule has 0 saturated carbocycles. The van der Waals surface area contributed by atoms with Crippen LogP contribution in [0.5, 0.6) is 0 Å². The van der Waals surface area contributed by atoms with Crippen LogP contribution in [-0.2, 0) is 0 Å². The minimum Gasteiger partial charge on any atom is -0.310 e. The van der Waals surface area contributed by atoms with Crippen LogP contribution in [0.15, 0.2) is 31.1 Å². The quantitative estimate of drug-likeness (QED) is 0.560. The van der Waals surface area contributed by atoms with Crippen molar-refractivity contribution in [1.29, 1.82) is 0 Å². The van der Waals surface area contributed by atoms with E-state index in [1.165, 1.54) is 17.5 Å². The molecule has 1 rings (SSSR count). The molecular weight excluding hydrogens is 196 g/mol. The predicted molar refractivity (Wildman–Crippen MR) is 69.4 cm³/mol. The van der Waals surface area contributed by atoms with E-state index in [-0.39, 0.29) is 0 Å². The lowest BCUT2D eigenvalue weighted by Gasteiger charge is -2.18. The maximum absolute atomic E-state index is 4.26. The van der Waals surface area contributed by atoms with E-state index >= 15 is 0 Å². The van der Waals surface area contributed by atoms with Crippen LogP contribution < -0.4 is 5.32 Å². The molecule has 0 radical (unpaired) electrons. The summed E-state index contributed by atoms with van der Waals surface area (Å²) in [7, 11) is 0. The molecule has 0 aliphatic carbocycles. The largest absolute Gasteiger partial charge is 0.310 e. The van der Waals surface area contributed by atoms with E-state index in [4.69, 9.17) is 0 Å². The second-order valence-corrected chi connectivity index (χ2v) is 4.13. The van der Waals surface area contributed by atoms with Crippen molar-refractivity contribution in [2.24, 2.45) is 0 Å². The Morgan fingerprint density at radius 1 is 1.50 bits per heavy atom. The van der Waals surface area contributed by atoms with Crippen molar-refractivity contribution in [3.63, 3.8) is 0 Å². The van der Waals surface area contributed by atoms with Crippen molar-refractivity contribution in [2.75, 3.05) is 6.54 Å². The van der Waals surface area contributed by atoms with Crippen molar-refractivity contribution in [3.8, 4) is 0 Å². The van der Waals surface area contributed by atoms with Gasteiger partial charge in [0.05, 0.1) is 0 Å². The summed E-state index contributed by atoms with van der Waals surface area (Å²) in [6.45, 7) is 8.98. The first-order chi connectivity index (χ1) is 7.77. The van der Waals surface area contributed by atoms with Crippen molar-refractivity contribution in [2.45, 2.75) is 39.2 Å². The summed E-state index contributed by atoms with van der Waals surface area (Å²) in [6.07, 6.45) is 9.25. The Bertz CT molecular complexity index is 320. The highest BCUT2D eigenvalue weighted by atomic mass is 14.9. The number of nitrogens with zero attached hydrogens (tertiary/aromatic N) is 1. The Morgan fingerprint density at radius 3 is 2.94 bits per heavy atom. The Kier molecular flexibility index (Phi) is 5.79. The number of rotatable bonds is 7. The van der Waals surface area contributed by atoms with Gasteiger partial charge in [-0.3, -0.25) is 4.98 Å². The third-order valence-corrected chi connectivity index (χ3v) is 2.65.